The number of benzene rings is 2. The molecule has 148 valence electrons. The molecule has 4 rings (SSSR count). The Morgan fingerprint density at radius 2 is 1.71 bits per heavy atom. The van der Waals surface area contributed by atoms with E-state index in [0.29, 0.717) is 5.92 Å². The fraction of sp³-hybridized carbons (Fsp3) is 0.480. The highest BCUT2D eigenvalue weighted by atomic mass is 16.5. The minimum atomic E-state index is -0.232. The van der Waals surface area contributed by atoms with Crippen LogP contribution in [0.5, 0.6) is 11.5 Å². The summed E-state index contributed by atoms with van der Waals surface area (Å²) in [5.41, 5.74) is 7.03. The van der Waals surface area contributed by atoms with Crippen molar-refractivity contribution >= 4 is 5.71 Å². The van der Waals surface area contributed by atoms with Gasteiger partial charge >= 0.3 is 0 Å². The monoisotopic (exact) mass is 377 g/mol. The van der Waals surface area contributed by atoms with E-state index in [0.717, 1.165) is 30.1 Å². The average Bonchev–Trinajstić information content (AvgIpc) is 2.94. The number of hydrogen-bond donors (Lipinski definition) is 0. The van der Waals surface area contributed by atoms with Gasteiger partial charge in [0.1, 0.15) is 5.60 Å². The summed E-state index contributed by atoms with van der Waals surface area (Å²) in [6.45, 7) is 13.1. The van der Waals surface area contributed by atoms with E-state index in [2.05, 4.69) is 71.9 Å². The molecule has 2 aromatic rings. The van der Waals surface area contributed by atoms with Crippen molar-refractivity contribution in [1.29, 1.82) is 0 Å². The number of methoxy groups -OCH3 is 1. The fourth-order valence-electron chi connectivity index (χ4n) is 4.46. The van der Waals surface area contributed by atoms with Crippen LogP contribution in [0.25, 0.3) is 0 Å². The van der Waals surface area contributed by atoms with Crippen LogP contribution in [-0.2, 0) is 12.8 Å². The zero-order chi connectivity index (χ0) is 20.3. The summed E-state index contributed by atoms with van der Waals surface area (Å²) in [5.74, 6) is 2.25. The van der Waals surface area contributed by atoms with Crippen molar-refractivity contribution in [1.82, 2.24) is 0 Å². The van der Waals surface area contributed by atoms with Gasteiger partial charge < -0.3 is 9.47 Å². The van der Waals surface area contributed by atoms with Crippen molar-refractivity contribution < 1.29 is 9.47 Å². The predicted octanol–water partition coefficient (Wildman–Crippen LogP) is 5.70. The number of nitrogens with zero attached hydrogens (tertiary/aromatic N) is 1. The number of fused-ring (bicyclic) bond motifs is 3. The van der Waals surface area contributed by atoms with Gasteiger partial charge in [-0.1, -0.05) is 38.1 Å². The van der Waals surface area contributed by atoms with Gasteiger partial charge in [-0.3, -0.25) is 4.99 Å². The van der Waals surface area contributed by atoms with E-state index in [1.165, 1.54) is 27.8 Å². The van der Waals surface area contributed by atoms with Crippen LogP contribution in [0.2, 0.25) is 0 Å². The Morgan fingerprint density at radius 1 is 1.04 bits per heavy atom. The van der Waals surface area contributed by atoms with Crippen molar-refractivity contribution in [2.45, 2.75) is 71.4 Å². The van der Waals surface area contributed by atoms with Crippen LogP contribution in [0.15, 0.2) is 35.3 Å². The molecule has 2 aliphatic heterocycles. The topological polar surface area (TPSA) is 30.8 Å². The predicted molar refractivity (Wildman–Crippen MR) is 115 cm³/mol. The zero-order valence-corrected chi connectivity index (χ0v) is 18.1. The van der Waals surface area contributed by atoms with Crippen LogP contribution in [0, 0.1) is 0 Å². The van der Waals surface area contributed by atoms with Gasteiger partial charge in [-0.2, -0.15) is 0 Å². The molecule has 0 fully saturated rings. The van der Waals surface area contributed by atoms with Gasteiger partial charge in [-0.15, -0.1) is 0 Å². The van der Waals surface area contributed by atoms with E-state index in [4.69, 9.17) is 14.5 Å². The lowest BCUT2D eigenvalue weighted by Gasteiger charge is -2.31. The summed E-state index contributed by atoms with van der Waals surface area (Å²) in [4.78, 5) is 5.20. The molecular weight excluding hydrogens is 346 g/mol. The van der Waals surface area contributed by atoms with Crippen LogP contribution in [-0.4, -0.2) is 24.0 Å². The number of hydrogen-bond acceptors (Lipinski definition) is 3. The fourth-order valence-corrected chi connectivity index (χ4v) is 4.46. The Hall–Kier alpha value is -2.29. The molecule has 0 radical (unpaired) electrons. The molecule has 3 heteroatoms. The molecule has 0 spiro atoms. The minimum absolute atomic E-state index is 0.146. The van der Waals surface area contributed by atoms with E-state index < -0.39 is 0 Å². The Morgan fingerprint density at radius 3 is 2.32 bits per heavy atom. The van der Waals surface area contributed by atoms with Crippen LogP contribution in [0.4, 0.5) is 0 Å². The Bertz CT molecular complexity index is 950. The Kier molecular flexibility index (Phi) is 4.33. The number of aliphatic imine (C=N–C) groups is 1. The highest BCUT2D eigenvalue weighted by Crippen LogP contribution is 2.47. The van der Waals surface area contributed by atoms with E-state index >= 15 is 0 Å². The first-order valence-electron chi connectivity index (χ1n) is 10.2. The summed E-state index contributed by atoms with van der Waals surface area (Å²) in [6, 6.07) is 11.1. The zero-order valence-electron chi connectivity index (χ0n) is 18.1. The van der Waals surface area contributed by atoms with Gasteiger partial charge in [0.2, 0.25) is 0 Å². The van der Waals surface area contributed by atoms with Crippen molar-refractivity contribution in [3.8, 4) is 11.5 Å². The maximum atomic E-state index is 6.29. The molecule has 0 amide bonds. The highest BCUT2D eigenvalue weighted by molar-refractivity contribution is 6.16. The Balaban J connectivity index is 1.92. The van der Waals surface area contributed by atoms with Crippen molar-refractivity contribution in [3.63, 3.8) is 0 Å². The highest BCUT2D eigenvalue weighted by Gasteiger charge is 2.39. The molecule has 0 atom stereocenters. The SMILES string of the molecule is COc1cc2c(c3c1OC(C)(C)C3)C(c1ccc(C(C)C)cc1)=NC(C)(C)C2. The largest absolute Gasteiger partial charge is 0.493 e. The van der Waals surface area contributed by atoms with Crippen LogP contribution in [0.3, 0.4) is 0 Å². The van der Waals surface area contributed by atoms with Gasteiger partial charge in [-0.05, 0) is 57.2 Å². The van der Waals surface area contributed by atoms with Crippen molar-refractivity contribution in [3.05, 3.63) is 58.1 Å². The molecule has 0 bridgehead atoms. The first kappa shape index (κ1) is 19.0. The van der Waals surface area contributed by atoms with Crippen LogP contribution >= 0.6 is 0 Å². The molecule has 2 heterocycles. The van der Waals surface area contributed by atoms with Gasteiger partial charge in [-0.25, -0.2) is 0 Å². The third kappa shape index (κ3) is 3.21. The van der Waals surface area contributed by atoms with Crippen LogP contribution < -0.4 is 9.47 Å². The summed E-state index contributed by atoms with van der Waals surface area (Å²) in [5, 5.41) is 0. The first-order valence-corrected chi connectivity index (χ1v) is 10.2. The standard InChI is InChI=1S/C25H31NO2/c1-15(2)16-8-10-17(11-9-16)22-21-18(13-24(3,4)26-22)12-20(27-7)23-19(21)14-25(5,6)28-23/h8-12,15H,13-14H2,1-7H3. The summed E-state index contributed by atoms with van der Waals surface area (Å²) in [6.07, 6.45) is 1.77. The molecule has 0 unspecified atom stereocenters. The van der Waals surface area contributed by atoms with Gasteiger partial charge in [0.15, 0.2) is 11.5 Å². The Labute approximate surface area is 168 Å². The van der Waals surface area contributed by atoms with E-state index in [1.54, 1.807) is 7.11 Å². The van der Waals surface area contributed by atoms with Crippen molar-refractivity contribution in [2.24, 2.45) is 4.99 Å². The molecule has 28 heavy (non-hydrogen) atoms. The average molecular weight is 378 g/mol. The molecule has 2 aliphatic rings. The van der Waals surface area contributed by atoms with Gasteiger partial charge in [0, 0.05) is 23.1 Å². The lowest BCUT2D eigenvalue weighted by Crippen LogP contribution is -2.30. The van der Waals surface area contributed by atoms with Crippen LogP contribution in [0.1, 0.15) is 75.3 Å². The normalized spacial score (nSPS) is 18.9. The maximum Gasteiger partial charge on any atom is 0.166 e. The molecule has 0 aromatic heterocycles. The third-order valence-electron chi connectivity index (χ3n) is 5.75. The molecule has 3 nitrogen and oxygen atoms in total. The molecule has 0 N–H and O–H groups in total. The van der Waals surface area contributed by atoms with E-state index in [-0.39, 0.29) is 11.1 Å². The number of rotatable bonds is 3. The molecule has 0 saturated heterocycles. The summed E-state index contributed by atoms with van der Waals surface area (Å²) < 4.78 is 12.0. The second-order valence-electron chi connectivity index (χ2n) is 9.69. The molecule has 0 aliphatic carbocycles. The molecule has 2 aromatic carbocycles. The second-order valence-corrected chi connectivity index (χ2v) is 9.69. The third-order valence-corrected chi connectivity index (χ3v) is 5.75. The van der Waals surface area contributed by atoms with E-state index in [9.17, 15) is 0 Å². The quantitative estimate of drug-likeness (QED) is 0.686. The second kappa shape index (κ2) is 6.37. The van der Waals surface area contributed by atoms with E-state index in [1.807, 2.05) is 0 Å². The first-order chi connectivity index (χ1) is 13.1. The van der Waals surface area contributed by atoms with Gasteiger partial charge in [0.05, 0.1) is 18.4 Å². The lowest BCUT2D eigenvalue weighted by molar-refractivity contribution is 0.134. The van der Waals surface area contributed by atoms with Gasteiger partial charge in [0.25, 0.3) is 0 Å². The maximum absolute atomic E-state index is 6.29. The smallest absolute Gasteiger partial charge is 0.166 e. The number of ether oxygens (including phenoxy) is 2. The minimum Gasteiger partial charge on any atom is -0.493 e. The summed E-state index contributed by atoms with van der Waals surface area (Å²) in [7, 11) is 1.73. The molecule has 0 saturated carbocycles. The molecular formula is C25H31NO2. The summed E-state index contributed by atoms with van der Waals surface area (Å²) >= 11 is 0. The van der Waals surface area contributed by atoms with Crippen molar-refractivity contribution in [2.75, 3.05) is 7.11 Å². The lowest BCUT2D eigenvalue weighted by atomic mass is 9.80.